The number of carbonyl (C=O) groups is 2. The molecular weight excluding hydrogens is 294 g/mol. The summed E-state index contributed by atoms with van der Waals surface area (Å²) in [6.45, 7) is 4.47. The van der Waals surface area contributed by atoms with E-state index in [0.29, 0.717) is 25.9 Å². The standard InChI is InChI=1S/C16H25N5O2/c1-13(22)20-11-6-16(7-12-20,15(23)21-8-3-4-9-21)17-14-5-10-19(2)18-14/h5,10H,3-4,6-9,11-12H2,1-2H3,(H,17,18). The number of rotatable bonds is 3. The first kappa shape index (κ1) is 15.8. The van der Waals surface area contributed by atoms with Gasteiger partial charge in [0, 0.05) is 52.4 Å². The lowest BCUT2D eigenvalue weighted by Crippen LogP contribution is -2.59. The number of hydrogen-bond donors (Lipinski definition) is 1. The van der Waals surface area contributed by atoms with Crippen LogP contribution < -0.4 is 5.32 Å². The summed E-state index contributed by atoms with van der Waals surface area (Å²) in [7, 11) is 1.86. The molecule has 0 radical (unpaired) electrons. The molecule has 7 nitrogen and oxygen atoms in total. The monoisotopic (exact) mass is 319 g/mol. The van der Waals surface area contributed by atoms with E-state index in [1.165, 1.54) is 0 Å². The number of hydrogen-bond acceptors (Lipinski definition) is 4. The molecule has 0 unspecified atom stereocenters. The molecule has 3 rings (SSSR count). The molecule has 2 fully saturated rings. The Kier molecular flexibility index (Phi) is 4.28. The number of carbonyl (C=O) groups excluding carboxylic acids is 2. The van der Waals surface area contributed by atoms with Gasteiger partial charge in [-0.05, 0) is 25.7 Å². The van der Waals surface area contributed by atoms with Gasteiger partial charge in [-0.25, -0.2) is 0 Å². The van der Waals surface area contributed by atoms with Crippen LogP contribution in [0.2, 0.25) is 0 Å². The lowest BCUT2D eigenvalue weighted by molar-refractivity contribution is -0.139. The zero-order valence-corrected chi connectivity index (χ0v) is 13.9. The van der Waals surface area contributed by atoms with Crippen molar-refractivity contribution in [1.29, 1.82) is 0 Å². The van der Waals surface area contributed by atoms with E-state index < -0.39 is 5.54 Å². The van der Waals surface area contributed by atoms with Gasteiger partial charge in [0.1, 0.15) is 11.4 Å². The van der Waals surface area contributed by atoms with Gasteiger partial charge >= 0.3 is 0 Å². The fraction of sp³-hybridized carbons (Fsp3) is 0.688. The van der Waals surface area contributed by atoms with Crippen molar-refractivity contribution in [1.82, 2.24) is 19.6 Å². The predicted octanol–water partition coefficient (Wildman–Crippen LogP) is 0.836. The second-order valence-electron chi connectivity index (χ2n) is 6.59. The van der Waals surface area contributed by atoms with Crippen LogP contribution in [0.25, 0.3) is 0 Å². The van der Waals surface area contributed by atoms with Crippen molar-refractivity contribution in [2.45, 2.75) is 38.1 Å². The van der Waals surface area contributed by atoms with Crippen molar-refractivity contribution in [2.24, 2.45) is 7.05 Å². The Hall–Kier alpha value is -2.05. The molecule has 0 saturated carbocycles. The molecule has 2 aliphatic rings. The minimum atomic E-state index is -0.648. The number of likely N-dealkylation sites (tertiary alicyclic amines) is 2. The molecule has 0 aliphatic carbocycles. The summed E-state index contributed by atoms with van der Waals surface area (Å²) in [6, 6.07) is 1.89. The lowest BCUT2D eigenvalue weighted by Gasteiger charge is -2.42. The summed E-state index contributed by atoms with van der Waals surface area (Å²) < 4.78 is 1.72. The molecule has 1 aromatic heterocycles. The first-order valence-corrected chi connectivity index (χ1v) is 8.33. The number of aromatic nitrogens is 2. The Morgan fingerprint density at radius 1 is 1.13 bits per heavy atom. The van der Waals surface area contributed by atoms with Crippen LogP contribution in [0.1, 0.15) is 32.6 Å². The molecule has 1 aromatic rings. The molecule has 126 valence electrons. The molecule has 0 atom stereocenters. The zero-order chi connectivity index (χ0) is 16.4. The van der Waals surface area contributed by atoms with Gasteiger partial charge in [0.15, 0.2) is 0 Å². The highest BCUT2D eigenvalue weighted by Crippen LogP contribution is 2.30. The van der Waals surface area contributed by atoms with Crippen LogP contribution in [0, 0.1) is 0 Å². The predicted molar refractivity (Wildman–Crippen MR) is 86.9 cm³/mol. The van der Waals surface area contributed by atoms with Gasteiger partial charge < -0.3 is 15.1 Å². The second-order valence-corrected chi connectivity index (χ2v) is 6.59. The molecule has 2 aliphatic heterocycles. The first-order valence-electron chi connectivity index (χ1n) is 8.33. The number of nitrogens with zero attached hydrogens (tertiary/aromatic N) is 4. The number of piperidine rings is 1. The fourth-order valence-electron chi connectivity index (χ4n) is 3.55. The van der Waals surface area contributed by atoms with Crippen LogP contribution in [0.15, 0.2) is 12.3 Å². The molecule has 7 heteroatoms. The molecule has 23 heavy (non-hydrogen) atoms. The van der Waals surface area contributed by atoms with E-state index in [4.69, 9.17) is 0 Å². The Morgan fingerprint density at radius 3 is 2.30 bits per heavy atom. The van der Waals surface area contributed by atoms with Gasteiger partial charge in [0.05, 0.1) is 0 Å². The molecule has 2 saturated heterocycles. The third kappa shape index (κ3) is 3.18. The van der Waals surface area contributed by atoms with E-state index in [0.717, 1.165) is 31.7 Å². The maximum Gasteiger partial charge on any atom is 0.248 e. The van der Waals surface area contributed by atoms with Crippen LogP contribution in [-0.2, 0) is 16.6 Å². The largest absolute Gasteiger partial charge is 0.354 e. The summed E-state index contributed by atoms with van der Waals surface area (Å²) in [5.41, 5.74) is -0.648. The number of nitrogens with one attached hydrogen (secondary N) is 1. The van der Waals surface area contributed by atoms with Crippen molar-refractivity contribution < 1.29 is 9.59 Å². The molecule has 0 bridgehead atoms. The van der Waals surface area contributed by atoms with Crippen molar-refractivity contribution >= 4 is 17.6 Å². The van der Waals surface area contributed by atoms with E-state index in [2.05, 4.69) is 10.4 Å². The third-order valence-electron chi connectivity index (χ3n) is 4.95. The molecule has 3 heterocycles. The topological polar surface area (TPSA) is 70.5 Å². The molecular formula is C16H25N5O2. The summed E-state index contributed by atoms with van der Waals surface area (Å²) in [4.78, 5) is 28.5. The smallest absolute Gasteiger partial charge is 0.248 e. The van der Waals surface area contributed by atoms with Crippen LogP contribution in [0.3, 0.4) is 0 Å². The van der Waals surface area contributed by atoms with Crippen molar-refractivity contribution in [3.05, 3.63) is 12.3 Å². The van der Waals surface area contributed by atoms with Crippen LogP contribution in [-0.4, -0.2) is 63.1 Å². The van der Waals surface area contributed by atoms with E-state index in [-0.39, 0.29) is 11.8 Å². The van der Waals surface area contributed by atoms with Crippen molar-refractivity contribution in [3.8, 4) is 0 Å². The van der Waals surface area contributed by atoms with Crippen LogP contribution in [0.5, 0.6) is 0 Å². The average molecular weight is 319 g/mol. The minimum Gasteiger partial charge on any atom is -0.354 e. The maximum absolute atomic E-state index is 13.1. The van der Waals surface area contributed by atoms with Gasteiger partial charge in [0.2, 0.25) is 11.8 Å². The van der Waals surface area contributed by atoms with Crippen molar-refractivity contribution in [3.63, 3.8) is 0 Å². The van der Waals surface area contributed by atoms with Crippen LogP contribution >= 0.6 is 0 Å². The molecule has 2 amide bonds. The van der Waals surface area contributed by atoms with Gasteiger partial charge in [-0.2, -0.15) is 5.10 Å². The normalized spacial score (nSPS) is 20.6. The summed E-state index contributed by atoms with van der Waals surface area (Å²) in [5, 5.41) is 7.76. The third-order valence-corrected chi connectivity index (χ3v) is 4.95. The fourth-order valence-corrected chi connectivity index (χ4v) is 3.55. The summed E-state index contributed by atoms with van der Waals surface area (Å²) in [5.74, 6) is 0.949. The van der Waals surface area contributed by atoms with Gasteiger partial charge in [0.25, 0.3) is 0 Å². The quantitative estimate of drug-likeness (QED) is 0.896. The van der Waals surface area contributed by atoms with Crippen LogP contribution in [0.4, 0.5) is 5.82 Å². The maximum atomic E-state index is 13.1. The highest BCUT2D eigenvalue weighted by molar-refractivity contribution is 5.90. The Morgan fingerprint density at radius 2 is 1.78 bits per heavy atom. The SMILES string of the molecule is CC(=O)N1CCC(Nc2ccn(C)n2)(C(=O)N2CCCC2)CC1. The minimum absolute atomic E-state index is 0.0741. The molecule has 0 aromatic carbocycles. The zero-order valence-electron chi connectivity index (χ0n) is 13.9. The molecule has 1 N–H and O–H groups in total. The van der Waals surface area contributed by atoms with E-state index >= 15 is 0 Å². The number of amides is 2. The highest BCUT2D eigenvalue weighted by Gasteiger charge is 2.45. The van der Waals surface area contributed by atoms with Crippen molar-refractivity contribution in [2.75, 3.05) is 31.5 Å². The lowest BCUT2D eigenvalue weighted by atomic mass is 9.85. The first-order chi connectivity index (χ1) is 11.0. The van der Waals surface area contributed by atoms with Gasteiger partial charge in [-0.1, -0.05) is 0 Å². The van der Waals surface area contributed by atoms with E-state index in [1.807, 2.05) is 29.1 Å². The Labute approximate surface area is 136 Å². The Bertz CT molecular complexity index is 583. The van der Waals surface area contributed by atoms with Gasteiger partial charge in [-0.3, -0.25) is 14.3 Å². The number of aryl methyl sites for hydroxylation is 1. The van der Waals surface area contributed by atoms with E-state index in [1.54, 1.807) is 11.6 Å². The second kappa shape index (κ2) is 6.22. The average Bonchev–Trinajstić information content (AvgIpc) is 3.19. The summed E-state index contributed by atoms with van der Waals surface area (Å²) in [6.07, 6.45) is 5.26. The highest BCUT2D eigenvalue weighted by atomic mass is 16.2. The van der Waals surface area contributed by atoms with E-state index in [9.17, 15) is 9.59 Å². The summed E-state index contributed by atoms with van der Waals surface area (Å²) >= 11 is 0. The molecule has 0 spiro atoms. The van der Waals surface area contributed by atoms with Gasteiger partial charge in [-0.15, -0.1) is 0 Å². The Balaban J connectivity index is 1.81. The number of anilines is 1.